The van der Waals surface area contributed by atoms with E-state index in [4.69, 9.17) is 9.84 Å². The summed E-state index contributed by atoms with van der Waals surface area (Å²) in [6.45, 7) is 0. The molecular formula is C21H22ClN5O5S. The van der Waals surface area contributed by atoms with Crippen LogP contribution < -0.4 is 15.4 Å². The number of benzene rings is 2. The predicted molar refractivity (Wildman–Crippen MR) is 126 cm³/mol. The summed E-state index contributed by atoms with van der Waals surface area (Å²) in [6.07, 6.45) is 0.00420. The van der Waals surface area contributed by atoms with Crippen molar-refractivity contribution >= 4 is 53.3 Å². The van der Waals surface area contributed by atoms with Crippen molar-refractivity contribution in [2.24, 2.45) is 7.05 Å². The fraction of sp³-hybridized carbons (Fsp3) is 0.190. The molecule has 174 valence electrons. The molecule has 12 heteroatoms. The SMILES string of the molecule is COc1ccccc1NC(=O)Cc1nnc(SCC(=O)Nc2ccc(C(=O)O)cc2)n1C.Cl. The maximum atomic E-state index is 12.4. The molecule has 3 N–H and O–H groups in total. The Bertz CT molecular complexity index is 1140. The standard InChI is InChI=1S/C21H21N5O5S.ClH/c1-26-17(11-18(27)23-15-5-3-4-6-16(15)31-2)24-25-21(26)32-12-19(28)22-14-9-7-13(8-10-14)20(29)30;/h3-10H,11-12H2,1-2H3,(H,22,28)(H,23,27)(H,29,30);1H. The van der Waals surface area contributed by atoms with Gasteiger partial charge >= 0.3 is 5.97 Å². The van der Waals surface area contributed by atoms with Gasteiger partial charge in [0.15, 0.2) is 5.16 Å². The van der Waals surface area contributed by atoms with Crippen molar-refractivity contribution in [3.63, 3.8) is 0 Å². The fourth-order valence-corrected chi connectivity index (χ4v) is 3.46. The Hall–Kier alpha value is -3.57. The number of nitrogens with one attached hydrogen (secondary N) is 2. The minimum absolute atomic E-state index is 0. The van der Waals surface area contributed by atoms with Crippen LogP contribution in [0.2, 0.25) is 0 Å². The lowest BCUT2D eigenvalue weighted by molar-refractivity contribution is -0.116. The number of aromatic carboxylic acids is 1. The van der Waals surface area contributed by atoms with E-state index in [1.807, 2.05) is 6.07 Å². The van der Waals surface area contributed by atoms with Gasteiger partial charge in [0.25, 0.3) is 0 Å². The van der Waals surface area contributed by atoms with E-state index in [0.717, 1.165) is 0 Å². The highest BCUT2D eigenvalue weighted by Gasteiger charge is 2.15. The first-order valence-electron chi connectivity index (χ1n) is 9.44. The molecule has 2 aromatic carbocycles. The summed E-state index contributed by atoms with van der Waals surface area (Å²) in [4.78, 5) is 35.5. The Kier molecular flexibility index (Phi) is 9.25. The van der Waals surface area contributed by atoms with Crippen molar-refractivity contribution < 1.29 is 24.2 Å². The maximum Gasteiger partial charge on any atom is 0.335 e. The number of aromatic nitrogens is 3. The third kappa shape index (κ3) is 6.96. The third-order valence-corrected chi connectivity index (χ3v) is 5.39. The summed E-state index contributed by atoms with van der Waals surface area (Å²) in [5, 5.41) is 23.0. The number of anilines is 2. The molecule has 0 atom stereocenters. The summed E-state index contributed by atoms with van der Waals surface area (Å²) < 4.78 is 6.88. The van der Waals surface area contributed by atoms with Crippen LogP contribution in [-0.2, 0) is 23.1 Å². The average Bonchev–Trinajstić information content (AvgIpc) is 3.12. The van der Waals surface area contributed by atoms with Crippen molar-refractivity contribution in [2.75, 3.05) is 23.5 Å². The molecule has 2 amide bonds. The quantitative estimate of drug-likeness (QED) is 0.389. The average molecular weight is 492 g/mol. The highest BCUT2D eigenvalue weighted by molar-refractivity contribution is 7.99. The molecule has 3 aromatic rings. The van der Waals surface area contributed by atoms with Gasteiger partial charge in [0.2, 0.25) is 11.8 Å². The summed E-state index contributed by atoms with van der Waals surface area (Å²) in [5.74, 6) is -0.517. The van der Waals surface area contributed by atoms with Crippen LogP contribution in [0.15, 0.2) is 53.7 Å². The topological polar surface area (TPSA) is 135 Å². The Morgan fingerprint density at radius 3 is 2.39 bits per heavy atom. The number of carbonyl (C=O) groups excluding carboxylic acids is 2. The summed E-state index contributed by atoms with van der Waals surface area (Å²) in [6, 6.07) is 13.0. The Balaban J connectivity index is 0.00000385. The van der Waals surface area contributed by atoms with Crippen LogP contribution in [0.4, 0.5) is 11.4 Å². The van der Waals surface area contributed by atoms with Gasteiger partial charge in [-0.15, -0.1) is 22.6 Å². The van der Waals surface area contributed by atoms with E-state index in [1.54, 1.807) is 29.8 Å². The number of nitrogens with zero attached hydrogens (tertiary/aromatic N) is 3. The van der Waals surface area contributed by atoms with Crippen LogP contribution in [0.5, 0.6) is 5.75 Å². The number of methoxy groups -OCH3 is 1. The van der Waals surface area contributed by atoms with Crippen LogP contribution in [0, 0.1) is 0 Å². The minimum Gasteiger partial charge on any atom is -0.495 e. The first-order valence-corrected chi connectivity index (χ1v) is 10.4. The lowest BCUT2D eigenvalue weighted by Crippen LogP contribution is -2.17. The van der Waals surface area contributed by atoms with E-state index in [2.05, 4.69) is 20.8 Å². The molecule has 0 aliphatic rings. The lowest BCUT2D eigenvalue weighted by atomic mass is 10.2. The minimum atomic E-state index is -1.03. The number of hydrogen-bond donors (Lipinski definition) is 3. The van der Waals surface area contributed by atoms with Crippen molar-refractivity contribution in [1.82, 2.24) is 14.8 Å². The maximum absolute atomic E-state index is 12.4. The van der Waals surface area contributed by atoms with Crippen LogP contribution in [0.1, 0.15) is 16.2 Å². The normalized spacial score (nSPS) is 10.1. The van der Waals surface area contributed by atoms with Gasteiger partial charge < -0.3 is 25.0 Å². The molecule has 0 spiro atoms. The molecule has 0 unspecified atom stereocenters. The van der Waals surface area contributed by atoms with Crippen molar-refractivity contribution in [2.45, 2.75) is 11.6 Å². The largest absolute Gasteiger partial charge is 0.495 e. The van der Waals surface area contributed by atoms with Crippen molar-refractivity contribution in [1.29, 1.82) is 0 Å². The van der Waals surface area contributed by atoms with Crippen molar-refractivity contribution in [3.05, 3.63) is 59.9 Å². The van der Waals surface area contributed by atoms with Gasteiger partial charge in [-0.1, -0.05) is 23.9 Å². The molecule has 1 aromatic heterocycles. The number of hydrogen-bond acceptors (Lipinski definition) is 7. The molecule has 0 aliphatic carbocycles. The number of thioether (sulfide) groups is 1. The molecule has 0 fully saturated rings. The van der Waals surface area contributed by atoms with Gasteiger partial charge in [0.05, 0.1) is 30.5 Å². The van der Waals surface area contributed by atoms with Crippen LogP contribution >= 0.6 is 24.2 Å². The first kappa shape index (κ1) is 25.7. The number of halogens is 1. The number of ether oxygens (including phenoxy) is 1. The fourth-order valence-electron chi connectivity index (χ4n) is 2.73. The smallest absolute Gasteiger partial charge is 0.335 e. The summed E-state index contributed by atoms with van der Waals surface area (Å²) in [7, 11) is 3.25. The second kappa shape index (κ2) is 11.9. The Morgan fingerprint density at radius 2 is 1.73 bits per heavy atom. The molecule has 3 rings (SSSR count). The van der Waals surface area contributed by atoms with Crippen molar-refractivity contribution in [3.8, 4) is 5.75 Å². The van der Waals surface area contributed by atoms with Gasteiger partial charge in [-0.25, -0.2) is 4.79 Å². The molecule has 0 aliphatic heterocycles. The van der Waals surface area contributed by atoms with Gasteiger partial charge in [0, 0.05) is 12.7 Å². The lowest BCUT2D eigenvalue weighted by Gasteiger charge is -2.09. The number of para-hydroxylation sites is 2. The van der Waals surface area contributed by atoms with Gasteiger partial charge in [-0.3, -0.25) is 9.59 Å². The Morgan fingerprint density at radius 1 is 1.03 bits per heavy atom. The first-order chi connectivity index (χ1) is 15.4. The zero-order chi connectivity index (χ0) is 23.1. The zero-order valence-corrected chi connectivity index (χ0v) is 19.4. The Labute approximate surface area is 200 Å². The zero-order valence-electron chi connectivity index (χ0n) is 17.8. The molecular weight excluding hydrogens is 470 g/mol. The summed E-state index contributed by atoms with van der Waals surface area (Å²) in [5.41, 5.74) is 1.19. The van der Waals surface area contributed by atoms with E-state index in [9.17, 15) is 14.4 Å². The number of carboxylic acid groups (broad SMARTS) is 1. The van der Waals surface area contributed by atoms with E-state index >= 15 is 0 Å². The van der Waals surface area contributed by atoms with Crippen LogP contribution in [0.3, 0.4) is 0 Å². The highest BCUT2D eigenvalue weighted by Crippen LogP contribution is 2.23. The van der Waals surface area contributed by atoms with Crippen LogP contribution in [0.25, 0.3) is 0 Å². The second-order valence-corrected chi connectivity index (χ2v) is 7.54. The molecule has 10 nitrogen and oxygen atoms in total. The monoisotopic (exact) mass is 491 g/mol. The van der Waals surface area contributed by atoms with E-state index in [1.165, 1.54) is 43.1 Å². The number of carboxylic acids is 1. The molecule has 1 heterocycles. The molecule has 0 saturated carbocycles. The molecule has 0 bridgehead atoms. The number of rotatable bonds is 9. The van der Waals surface area contributed by atoms with Crippen LogP contribution in [-0.4, -0.2) is 50.5 Å². The number of carbonyl (C=O) groups is 3. The van der Waals surface area contributed by atoms with E-state index < -0.39 is 5.97 Å². The van der Waals surface area contributed by atoms with Gasteiger partial charge in [0.1, 0.15) is 11.6 Å². The van der Waals surface area contributed by atoms with Gasteiger partial charge in [-0.05, 0) is 36.4 Å². The second-order valence-electron chi connectivity index (χ2n) is 6.60. The molecule has 0 radical (unpaired) electrons. The predicted octanol–water partition coefficient (Wildman–Crippen LogP) is 2.86. The molecule has 33 heavy (non-hydrogen) atoms. The van der Waals surface area contributed by atoms with E-state index in [-0.39, 0.29) is 42.0 Å². The van der Waals surface area contributed by atoms with Gasteiger partial charge in [-0.2, -0.15) is 0 Å². The third-order valence-electron chi connectivity index (χ3n) is 4.37. The van der Waals surface area contributed by atoms with E-state index in [0.29, 0.717) is 28.1 Å². The number of amides is 2. The molecule has 0 saturated heterocycles. The highest BCUT2D eigenvalue weighted by atomic mass is 35.5. The summed E-state index contributed by atoms with van der Waals surface area (Å²) >= 11 is 1.17.